The van der Waals surface area contributed by atoms with E-state index in [4.69, 9.17) is 0 Å². The van der Waals surface area contributed by atoms with Crippen molar-refractivity contribution in [1.29, 1.82) is 0 Å². The Balaban J connectivity index is 0.000001000. The third-order valence-corrected chi connectivity index (χ3v) is 2.10. The van der Waals surface area contributed by atoms with Crippen molar-refractivity contribution in [3.8, 4) is 0 Å². The van der Waals surface area contributed by atoms with Crippen LogP contribution in [0.4, 0.5) is 0 Å². The summed E-state index contributed by atoms with van der Waals surface area (Å²) in [6.07, 6.45) is 13.9. The molecule has 66 valence electrons. The van der Waals surface area contributed by atoms with Gasteiger partial charge in [-0.25, -0.2) is 12.7 Å². The molecule has 0 aromatic heterocycles. The first-order valence-electron chi connectivity index (χ1n) is 4.14. The fraction of sp³-hybridized carbons (Fsp3) is 0.600. The standard InChI is InChI=1S/C10H15.Cu/c1-2-3-7-10-8-5-4-6-9-10;/h2,7,10H,1,4-6,8-9H2;/q-1;+1. The molecule has 0 amide bonds. The van der Waals surface area contributed by atoms with Crippen LogP contribution in [0.5, 0.6) is 0 Å². The van der Waals surface area contributed by atoms with Gasteiger partial charge >= 0.3 is 17.1 Å². The minimum atomic E-state index is 0. The van der Waals surface area contributed by atoms with E-state index in [1.165, 1.54) is 32.1 Å². The maximum absolute atomic E-state index is 3.60. The first-order chi connectivity index (χ1) is 4.93. The minimum Gasteiger partial charge on any atom is -0.255 e. The van der Waals surface area contributed by atoms with E-state index in [-0.39, 0.29) is 17.1 Å². The van der Waals surface area contributed by atoms with Gasteiger partial charge in [0.15, 0.2) is 0 Å². The predicted octanol–water partition coefficient (Wildman–Crippen LogP) is 3.11. The maximum Gasteiger partial charge on any atom is 1.00 e. The zero-order valence-electron chi connectivity index (χ0n) is 6.78. The number of hydrogen-bond donors (Lipinski definition) is 0. The number of hydrogen-bond acceptors (Lipinski definition) is 0. The zero-order valence-corrected chi connectivity index (χ0v) is 7.72. The van der Waals surface area contributed by atoms with Gasteiger partial charge in [-0.1, -0.05) is 19.3 Å². The predicted molar refractivity (Wildman–Crippen MR) is 44.6 cm³/mol. The molecule has 11 heavy (non-hydrogen) atoms. The van der Waals surface area contributed by atoms with Gasteiger partial charge in [-0.3, -0.25) is 6.08 Å². The van der Waals surface area contributed by atoms with Gasteiger partial charge in [0.05, 0.1) is 0 Å². The molecule has 1 saturated carbocycles. The average molecular weight is 199 g/mol. The van der Waals surface area contributed by atoms with Gasteiger partial charge in [0.2, 0.25) is 0 Å². The Hall–Kier alpha value is -0.000519. The van der Waals surface area contributed by atoms with E-state index < -0.39 is 0 Å². The molecule has 1 fully saturated rings. The SMILES string of the molecule is C=C[C-]=CC1CCCCC1.[Cu+]. The molecule has 1 aliphatic rings. The van der Waals surface area contributed by atoms with Crippen LogP contribution in [0.15, 0.2) is 18.7 Å². The van der Waals surface area contributed by atoms with E-state index in [0.717, 1.165) is 5.92 Å². The van der Waals surface area contributed by atoms with Crippen LogP contribution in [0, 0.1) is 12.0 Å². The normalized spacial score (nSPS) is 19.6. The van der Waals surface area contributed by atoms with Crippen molar-refractivity contribution in [2.75, 3.05) is 0 Å². The molecule has 0 N–H and O–H groups in total. The average Bonchev–Trinajstić information content (AvgIpc) is 2.03. The second-order valence-electron chi connectivity index (χ2n) is 2.94. The van der Waals surface area contributed by atoms with Crippen LogP contribution in [-0.4, -0.2) is 0 Å². The summed E-state index contributed by atoms with van der Waals surface area (Å²) in [6.45, 7) is 3.60. The Morgan fingerprint density at radius 1 is 1.18 bits per heavy atom. The van der Waals surface area contributed by atoms with Crippen molar-refractivity contribution in [3.05, 3.63) is 24.8 Å². The van der Waals surface area contributed by atoms with Crippen LogP contribution in [-0.2, 0) is 17.1 Å². The summed E-state index contributed by atoms with van der Waals surface area (Å²) in [5.41, 5.74) is 0. The van der Waals surface area contributed by atoms with Crippen LogP contribution >= 0.6 is 0 Å². The second-order valence-corrected chi connectivity index (χ2v) is 2.94. The largest absolute Gasteiger partial charge is 1.00 e. The molecule has 0 atom stereocenters. The summed E-state index contributed by atoms with van der Waals surface area (Å²) in [7, 11) is 0. The van der Waals surface area contributed by atoms with Gasteiger partial charge in [-0.2, -0.15) is 6.08 Å². The minimum absolute atomic E-state index is 0. The summed E-state index contributed by atoms with van der Waals surface area (Å²) < 4.78 is 0. The monoisotopic (exact) mass is 198 g/mol. The van der Waals surface area contributed by atoms with Crippen LogP contribution in [0.3, 0.4) is 0 Å². The molecular weight excluding hydrogens is 184 g/mol. The van der Waals surface area contributed by atoms with Crippen molar-refractivity contribution in [3.63, 3.8) is 0 Å². The Labute approximate surface area is 80.2 Å². The third kappa shape index (κ3) is 4.44. The molecular formula is C10H15Cu. The molecule has 0 heterocycles. The molecule has 0 aromatic rings. The molecule has 0 unspecified atom stereocenters. The van der Waals surface area contributed by atoms with Crippen molar-refractivity contribution in [2.24, 2.45) is 5.92 Å². The first kappa shape index (κ1) is 11.0. The Morgan fingerprint density at radius 2 is 1.82 bits per heavy atom. The van der Waals surface area contributed by atoms with Gasteiger partial charge in [0.25, 0.3) is 0 Å². The molecule has 0 bridgehead atoms. The molecule has 0 radical (unpaired) electrons. The van der Waals surface area contributed by atoms with Crippen LogP contribution in [0.25, 0.3) is 0 Å². The van der Waals surface area contributed by atoms with E-state index in [9.17, 15) is 0 Å². The van der Waals surface area contributed by atoms with Crippen molar-refractivity contribution >= 4 is 0 Å². The molecule has 1 aliphatic carbocycles. The van der Waals surface area contributed by atoms with Gasteiger partial charge in [0.1, 0.15) is 0 Å². The van der Waals surface area contributed by atoms with Crippen LogP contribution < -0.4 is 0 Å². The molecule has 0 aliphatic heterocycles. The third-order valence-electron chi connectivity index (χ3n) is 2.10. The van der Waals surface area contributed by atoms with Crippen molar-refractivity contribution in [2.45, 2.75) is 32.1 Å². The molecule has 0 spiro atoms. The van der Waals surface area contributed by atoms with Gasteiger partial charge in [0, 0.05) is 0 Å². The summed E-state index contributed by atoms with van der Waals surface area (Å²) >= 11 is 0. The molecule has 0 aromatic carbocycles. The Kier molecular flexibility index (Phi) is 6.69. The fourth-order valence-corrected chi connectivity index (χ4v) is 1.50. The van der Waals surface area contributed by atoms with E-state index in [0.29, 0.717) is 0 Å². The first-order valence-corrected chi connectivity index (χ1v) is 4.14. The van der Waals surface area contributed by atoms with E-state index in [1.54, 1.807) is 6.08 Å². The molecule has 1 rings (SSSR count). The zero-order chi connectivity index (χ0) is 7.23. The molecule has 0 nitrogen and oxygen atoms in total. The number of rotatable bonds is 2. The second kappa shape index (κ2) is 6.69. The number of allylic oxidation sites excluding steroid dienone is 3. The summed E-state index contributed by atoms with van der Waals surface area (Å²) in [5.74, 6) is 0.798. The van der Waals surface area contributed by atoms with Crippen LogP contribution in [0.2, 0.25) is 0 Å². The van der Waals surface area contributed by atoms with Gasteiger partial charge < -0.3 is 0 Å². The maximum atomic E-state index is 3.60. The fourth-order valence-electron chi connectivity index (χ4n) is 1.50. The summed E-state index contributed by atoms with van der Waals surface area (Å²) in [6, 6.07) is 0. The van der Waals surface area contributed by atoms with E-state index in [1.807, 2.05) is 0 Å². The van der Waals surface area contributed by atoms with E-state index >= 15 is 0 Å². The smallest absolute Gasteiger partial charge is 0.255 e. The van der Waals surface area contributed by atoms with Crippen molar-refractivity contribution < 1.29 is 17.1 Å². The molecule has 1 heteroatoms. The quantitative estimate of drug-likeness (QED) is 0.364. The van der Waals surface area contributed by atoms with Crippen LogP contribution in [0.1, 0.15) is 32.1 Å². The van der Waals surface area contributed by atoms with Gasteiger partial charge in [-0.15, -0.1) is 0 Å². The Bertz CT molecular complexity index is 121. The van der Waals surface area contributed by atoms with E-state index in [2.05, 4.69) is 18.7 Å². The summed E-state index contributed by atoms with van der Waals surface area (Å²) in [4.78, 5) is 0. The summed E-state index contributed by atoms with van der Waals surface area (Å²) in [5, 5.41) is 0. The van der Waals surface area contributed by atoms with Gasteiger partial charge in [-0.05, 0) is 18.8 Å². The van der Waals surface area contributed by atoms with Crippen molar-refractivity contribution in [1.82, 2.24) is 0 Å². The Morgan fingerprint density at radius 3 is 2.36 bits per heavy atom. The topological polar surface area (TPSA) is 0 Å². The molecule has 0 saturated heterocycles.